The molecule has 0 spiro atoms. The van der Waals surface area contributed by atoms with Gasteiger partial charge in [-0.1, -0.05) is 6.42 Å². The van der Waals surface area contributed by atoms with Gasteiger partial charge in [-0.15, -0.1) is 0 Å². The third-order valence-electron chi connectivity index (χ3n) is 3.80. The minimum Gasteiger partial charge on any atom is -0.494 e. The Morgan fingerprint density at radius 3 is 2.89 bits per heavy atom. The first-order valence-electron chi connectivity index (χ1n) is 6.99. The van der Waals surface area contributed by atoms with Crippen LogP contribution in [0.3, 0.4) is 0 Å². The highest BCUT2D eigenvalue weighted by atomic mass is 19.1. The van der Waals surface area contributed by atoms with E-state index < -0.39 is 0 Å². The topological polar surface area (TPSA) is 24.5 Å². The average molecular weight is 266 g/mol. The Hall–Kier alpha value is -1.29. The number of hydrogen-bond acceptors (Lipinski definition) is 3. The van der Waals surface area contributed by atoms with Gasteiger partial charge in [0.1, 0.15) is 0 Å². The van der Waals surface area contributed by atoms with Gasteiger partial charge in [-0.3, -0.25) is 0 Å². The summed E-state index contributed by atoms with van der Waals surface area (Å²) in [5.74, 6) is -0.00580. The number of ether oxygens (including phenoxy) is 1. The summed E-state index contributed by atoms with van der Waals surface area (Å²) >= 11 is 0. The highest BCUT2D eigenvalue weighted by Gasteiger charge is 2.13. The second-order valence-electron chi connectivity index (χ2n) is 5.18. The summed E-state index contributed by atoms with van der Waals surface area (Å²) in [7, 11) is 3.49. The first-order chi connectivity index (χ1) is 9.20. The lowest BCUT2D eigenvalue weighted by Crippen LogP contribution is -2.36. The van der Waals surface area contributed by atoms with Crippen molar-refractivity contribution in [2.45, 2.75) is 31.7 Å². The molecule has 1 N–H and O–H groups in total. The molecule has 1 atom stereocenters. The fraction of sp³-hybridized carbons (Fsp3) is 0.600. The van der Waals surface area contributed by atoms with Crippen LogP contribution >= 0.6 is 0 Å². The van der Waals surface area contributed by atoms with Crippen molar-refractivity contribution in [3.8, 4) is 5.75 Å². The van der Waals surface area contributed by atoms with E-state index in [9.17, 15) is 4.39 Å². The van der Waals surface area contributed by atoms with Crippen LogP contribution in [0.25, 0.3) is 0 Å². The molecule has 1 unspecified atom stereocenters. The lowest BCUT2D eigenvalue weighted by atomic mass is 10.0. The monoisotopic (exact) mass is 266 g/mol. The molecule has 1 saturated heterocycles. The molecule has 1 fully saturated rings. The predicted molar refractivity (Wildman–Crippen MR) is 76.5 cm³/mol. The van der Waals surface area contributed by atoms with Gasteiger partial charge >= 0.3 is 0 Å². The van der Waals surface area contributed by atoms with Gasteiger partial charge in [-0.05, 0) is 37.9 Å². The summed E-state index contributed by atoms with van der Waals surface area (Å²) in [5, 5.41) is 3.53. The van der Waals surface area contributed by atoms with Gasteiger partial charge in [0.05, 0.1) is 7.11 Å². The number of nitrogens with one attached hydrogen (secondary N) is 1. The van der Waals surface area contributed by atoms with Crippen LogP contribution in [0.5, 0.6) is 5.75 Å². The molecule has 19 heavy (non-hydrogen) atoms. The van der Waals surface area contributed by atoms with Crippen LogP contribution in [0.1, 0.15) is 25.7 Å². The number of nitrogens with zero attached hydrogens (tertiary/aromatic N) is 1. The molecule has 1 aromatic carbocycles. The maximum absolute atomic E-state index is 13.6. The number of rotatable bonds is 5. The molecule has 0 aliphatic carbocycles. The molecule has 0 aromatic heterocycles. The zero-order chi connectivity index (χ0) is 13.7. The molecule has 106 valence electrons. The van der Waals surface area contributed by atoms with Crippen molar-refractivity contribution in [2.24, 2.45) is 0 Å². The van der Waals surface area contributed by atoms with Crippen molar-refractivity contribution < 1.29 is 9.13 Å². The fourth-order valence-corrected chi connectivity index (χ4v) is 2.54. The van der Waals surface area contributed by atoms with Crippen molar-refractivity contribution in [3.05, 3.63) is 24.0 Å². The largest absolute Gasteiger partial charge is 0.494 e. The Labute approximate surface area is 114 Å². The minimum atomic E-state index is -0.303. The van der Waals surface area contributed by atoms with Crippen LogP contribution in [-0.4, -0.2) is 33.3 Å². The zero-order valence-corrected chi connectivity index (χ0v) is 11.8. The molecule has 0 radical (unpaired) electrons. The summed E-state index contributed by atoms with van der Waals surface area (Å²) in [6.07, 6.45) is 4.96. The Morgan fingerprint density at radius 2 is 2.26 bits per heavy atom. The first kappa shape index (κ1) is 14.1. The molecule has 1 aliphatic rings. The summed E-state index contributed by atoms with van der Waals surface area (Å²) in [6.45, 7) is 2.06. The van der Waals surface area contributed by atoms with Crippen LogP contribution in [-0.2, 0) is 0 Å². The molecule has 1 heterocycles. The predicted octanol–water partition coefficient (Wildman–Crippen LogP) is 2.80. The van der Waals surface area contributed by atoms with E-state index in [1.165, 1.54) is 32.4 Å². The zero-order valence-electron chi connectivity index (χ0n) is 11.8. The summed E-state index contributed by atoms with van der Waals surface area (Å²) in [5.41, 5.74) is 0.897. The molecule has 0 bridgehead atoms. The Balaban J connectivity index is 1.88. The molecular weight excluding hydrogens is 243 g/mol. The highest BCUT2D eigenvalue weighted by Crippen LogP contribution is 2.23. The maximum Gasteiger partial charge on any atom is 0.167 e. The smallest absolute Gasteiger partial charge is 0.167 e. The van der Waals surface area contributed by atoms with E-state index >= 15 is 0 Å². The number of hydrogen-bond donors (Lipinski definition) is 1. The fourth-order valence-electron chi connectivity index (χ4n) is 2.54. The summed E-state index contributed by atoms with van der Waals surface area (Å²) in [6, 6.07) is 5.72. The van der Waals surface area contributed by atoms with Gasteiger partial charge < -0.3 is 15.0 Å². The van der Waals surface area contributed by atoms with Crippen molar-refractivity contribution in [1.82, 2.24) is 5.32 Å². The molecule has 0 saturated carbocycles. The van der Waals surface area contributed by atoms with Gasteiger partial charge in [-0.25, -0.2) is 4.39 Å². The van der Waals surface area contributed by atoms with Crippen LogP contribution in [0.4, 0.5) is 10.1 Å². The van der Waals surface area contributed by atoms with E-state index in [-0.39, 0.29) is 5.82 Å². The van der Waals surface area contributed by atoms with E-state index in [1.807, 2.05) is 13.1 Å². The molecule has 2 rings (SSSR count). The Morgan fingerprint density at radius 1 is 1.42 bits per heavy atom. The van der Waals surface area contributed by atoms with Gasteiger partial charge in [0, 0.05) is 31.4 Å². The SMILES string of the molecule is COc1ccc(N(C)CCC2CCCCN2)cc1F. The van der Waals surface area contributed by atoms with Gasteiger partial charge in [0.15, 0.2) is 11.6 Å². The van der Waals surface area contributed by atoms with Gasteiger partial charge in [0.2, 0.25) is 0 Å². The second-order valence-corrected chi connectivity index (χ2v) is 5.18. The lowest BCUT2D eigenvalue weighted by molar-refractivity contribution is 0.383. The van der Waals surface area contributed by atoms with Crippen molar-refractivity contribution >= 4 is 5.69 Å². The quantitative estimate of drug-likeness (QED) is 0.887. The van der Waals surface area contributed by atoms with Gasteiger partial charge in [-0.2, -0.15) is 0 Å². The number of anilines is 1. The molecule has 3 nitrogen and oxygen atoms in total. The average Bonchev–Trinajstić information content (AvgIpc) is 2.45. The third-order valence-corrected chi connectivity index (χ3v) is 3.80. The molecule has 0 amide bonds. The van der Waals surface area contributed by atoms with E-state index in [0.717, 1.165) is 25.2 Å². The Kier molecular flexibility index (Phi) is 5.02. The molecular formula is C15H23FN2O. The van der Waals surface area contributed by atoms with Crippen LogP contribution in [0, 0.1) is 5.82 Å². The van der Waals surface area contributed by atoms with Gasteiger partial charge in [0.25, 0.3) is 0 Å². The van der Waals surface area contributed by atoms with E-state index in [1.54, 1.807) is 6.07 Å². The maximum atomic E-state index is 13.6. The van der Waals surface area contributed by atoms with Crippen LogP contribution in [0.15, 0.2) is 18.2 Å². The van der Waals surface area contributed by atoms with Crippen LogP contribution in [0.2, 0.25) is 0 Å². The van der Waals surface area contributed by atoms with Crippen molar-refractivity contribution in [1.29, 1.82) is 0 Å². The standard InChI is InChI=1S/C15H23FN2O/c1-18(10-8-12-5-3-4-9-17-12)13-6-7-15(19-2)14(16)11-13/h6-7,11-12,17H,3-5,8-10H2,1-2H3. The molecule has 4 heteroatoms. The molecule has 1 aromatic rings. The first-order valence-corrected chi connectivity index (χ1v) is 6.99. The Bertz CT molecular complexity index is 405. The normalized spacial score (nSPS) is 19.2. The number of benzene rings is 1. The number of piperidine rings is 1. The summed E-state index contributed by atoms with van der Waals surface area (Å²) < 4.78 is 18.6. The molecule has 1 aliphatic heterocycles. The van der Waals surface area contributed by atoms with Crippen molar-refractivity contribution in [2.75, 3.05) is 32.1 Å². The second kappa shape index (κ2) is 6.75. The third kappa shape index (κ3) is 3.83. The van der Waals surface area contributed by atoms with Crippen molar-refractivity contribution in [3.63, 3.8) is 0 Å². The van der Waals surface area contributed by atoms with E-state index in [2.05, 4.69) is 10.2 Å². The minimum absolute atomic E-state index is 0.297. The number of methoxy groups -OCH3 is 1. The van der Waals surface area contributed by atoms with Crippen LogP contribution < -0.4 is 15.0 Å². The highest BCUT2D eigenvalue weighted by molar-refractivity contribution is 5.49. The lowest BCUT2D eigenvalue weighted by Gasteiger charge is -2.27. The van der Waals surface area contributed by atoms with E-state index in [0.29, 0.717) is 11.8 Å². The van der Waals surface area contributed by atoms with E-state index in [4.69, 9.17) is 4.74 Å². The summed E-state index contributed by atoms with van der Waals surface area (Å²) in [4.78, 5) is 2.10. The number of halogens is 1.